The molecule has 1 aromatic rings. The molecule has 0 amide bonds. The molecule has 0 fully saturated rings. The summed E-state index contributed by atoms with van der Waals surface area (Å²) in [5, 5.41) is 18.2. The third-order valence-corrected chi connectivity index (χ3v) is 2.63. The summed E-state index contributed by atoms with van der Waals surface area (Å²) in [5.41, 5.74) is 0. The minimum absolute atomic E-state index is 0.0711. The van der Waals surface area contributed by atoms with Gasteiger partial charge in [-0.3, -0.25) is 4.79 Å². The van der Waals surface area contributed by atoms with Gasteiger partial charge in [0.25, 0.3) is 0 Å². The minimum atomic E-state index is -0.929. The third kappa shape index (κ3) is 3.30. The molecule has 13 heavy (non-hydrogen) atoms. The van der Waals surface area contributed by atoms with Gasteiger partial charge in [0.15, 0.2) is 0 Å². The monoisotopic (exact) mass is 221 g/mol. The number of carboxylic acid groups (broad SMARTS) is 1. The molecule has 72 valence electrons. The lowest BCUT2D eigenvalue weighted by Crippen LogP contribution is -2.01. The highest BCUT2D eigenvalue weighted by Crippen LogP contribution is 2.26. The summed E-state index contributed by atoms with van der Waals surface area (Å²) in [7, 11) is 0. The minimum Gasteiger partial charge on any atom is -0.481 e. The van der Waals surface area contributed by atoms with Gasteiger partial charge in [-0.05, 0) is 6.42 Å². The van der Waals surface area contributed by atoms with E-state index in [4.69, 9.17) is 16.7 Å². The van der Waals surface area contributed by atoms with Gasteiger partial charge in [-0.2, -0.15) is 0 Å². The van der Waals surface area contributed by atoms with E-state index >= 15 is 0 Å². The van der Waals surface area contributed by atoms with Gasteiger partial charge in [-0.25, -0.2) is 4.98 Å². The van der Waals surface area contributed by atoms with Crippen LogP contribution in [0.3, 0.4) is 0 Å². The number of aliphatic hydroxyl groups is 1. The summed E-state index contributed by atoms with van der Waals surface area (Å²) in [6, 6.07) is 0. The van der Waals surface area contributed by atoms with Crippen LogP contribution < -0.4 is 0 Å². The van der Waals surface area contributed by atoms with Crippen LogP contribution >= 0.6 is 22.9 Å². The van der Waals surface area contributed by atoms with Gasteiger partial charge >= 0.3 is 5.97 Å². The zero-order chi connectivity index (χ0) is 9.84. The van der Waals surface area contributed by atoms with Crippen molar-refractivity contribution < 1.29 is 15.0 Å². The zero-order valence-corrected chi connectivity index (χ0v) is 8.18. The topological polar surface area (TPSA) is 70.4 Å². The molecule has 1 aromatic heterocycles. The Kier molecular flexibility index (Phi) is 3.65. The molecule has 0 aromatic carbocycles. The Bertz CT molecular complexity index is 302. The number of halogens is 1. The van der Waals surface area contributed by atoms with Gasteiger partial charge in [0.05, 0.1) is 6.20 Å². The van der Waals surface area contributed by atoms with Crippen molar-refractivity contribution >= 4 is 28.9 Å². The summed E-state index contributed by atoms with van der Waals surface area (Å²) in [5.74, 6) is -0.929. The van der Waals surface area contributed by atoms with Crippen LogP contribution in [-0.4, -0.2) is 21.2 Å². The Balaban J connectivity index is 2.48. The number of aliphatic carboxylic acids is 1. The molecule has 1 rings (SSSR count). The predicted molar refractivity (Wildman–Crippen MR) is 49.0 cm³/mol. The van der Waals surface area contributed by atoms with Crippen molar-refractivity contribution in [3.63, 3.8) is 0 Å². The molecule has 0 saturated heterocycles. The SMILES string of the molecule is O=C(O)CCC(O)c1ncc(Cl)s1. The summed E-state index contributed by atoms with van der Waals surface area (Å²) in [6.45, 7) is 0. The number of aromatic nitrogens is 1. The number of rotatable bonds is 4. The van der Waals surface area contributed by atoms with Gasteiger partial charge in [0.1, 0.15) is 15.4 Å². The molecule has 0 spiro atoms. The molecular formula is C7H8ClNO3S. The van der Waals surface area contributed by atoms with Gasteiger partial charge in [0.2, 0.25) is 0 Å². The fourth-order valence-electron chi connectivity index (χ4n) is 0.805. The quantitative estimate of drug-likeness (QED) is 0.812. The molecule has 2 N–H and O–H groups in total. The highest BCUT2D eigenvalue weighted by atomic mass is 35.5. The highest BCUT2D eigenvalue weighted by molar-refractivity contribution is 7.15. The number of thiazole rings is 1. The number of hydrogen-bond donors (Lipinski definition) is 2. The molecule has 0 saturated carbocycles. The molecule has 6 heteroatoms. The van der Waals surface area contributed by atoms with Crippen molar-refractivity contribution in [2.45, 2.75) is 18.9 Å². The lowest BCUT2D eigenvalue weighted by molar-refractivity contribution is -0.137. The smallest absolute Gasteiger partial charge is 0.303 e. The van der Waals surface area contributed by atoms with Crippen LogP contribution in [0, 0.1) is 0 Å². The van der Waals surface area contributed by atoms with E-state index in [9.17, 15) is 9.90 Å². The summed E-state index contributed by atoms with van der Waals surface area (Å²) < 4.78 is 0.490. The molecule has 1 unspecified atom stereocenters. The summed E-state index contributed by atoms with van der Waals surface area (Å²) in [4.78, 5) is 14.0. The second-order valence-corrected chi connectivity index (χ2v) is 4.14. The first-order valence-corrected chi connectivity index (χ1v) is 4.80. The average Bonchev–Trinajstić information content (AvgIpc) is 2.47. The first-order valence-electron chi connectivity index (χ1n) is 3.60. The van der Waals surface area contributed by atoms with Gasteiger partial charge in [0, 0.05) is 6.42 Å². The number of carbonyl (C=O) groups is 1. The normalized spacial score (nSPS) is 12.8. The highest BCUT2D eigenvalue weighted by Gasteiger charge is 2.13. The maximum absolute atomic E-state index is 10.2. The average molecular weight is 222 g/mol. The van der Waals surface area contributed by atoms with E-state index < -0.39 is 12.1 Å². The lowest BCUT2D eigenvalue weighted by atomic mass is 10.2. The van der Waals surface area contributed by atoms with Crippen LogP contribution in [0.5, 0.6) is 0 Å². The van der Waals surface area contributed by atoms with Crippen LogP contribution in [-0.2, 0) is 4.79 Å². The number of carboxylic acids is 1. The van der Waals surface area contributed by atoms with E-state index in [0.717, 1.165) is 11.3 Å². The molecule has 1 heterocycles. The summed E-state index contributed by atoms with van der Waals surface area (Å²) in [6.07, 6.45) is 0.705. The first kappa shape index (κ1) is 10.4. The van der Waals surface area contributed by atoms with Crippen molar-refractivity contribution in [3.8, 4) is 0 Å². The fourth-order valence-corrected chi connectivity index (χ4v) is 1.76. The number of hydrogen-bond acceptors (Lipinski definition) is 4. The predicted octanol–water partition coefficient (Wildman–Crippen LogP) is 1.69. The van der Waals surface area contributed by atoms with E-state index in [1.807, 2.05) is 0 Å². The lowest BCUT2D eigenvalue weighted by Gasteiger charge is -2.03. The second-order valence-electron chi connectivity index (χ2n) is 2.45. The van der Waals surface area contributed by atoms with E-state index in [2.05, 4.69) is 4.98 Å². The van der Waals surface area contributed by atoms with Crippen molar-refractivity contribution in [1.82, 2.24) is 4.98 Å². The molecule has 1 atom stereocenters. The first-order chi connectivity index (χ1) is 6.09. The van der Waals surface area contributed by atoms with Gasteiger partial charge in [-0.1, -0.05) is 11.6 Å². The molecule has 0 aliphatic rings. The number of nitrogens with zero attached hydrogens (tertiary/aromatic N) is 1. The molecule has 0 radical (unpaired) electrons. The van der Waals surface area contributed by atoms with Crippen LogP contribution in [0.15, 0.2) is 6.20 Å². The molecule has 0 bridgehead atoms. The molecule has 4 nitrogen and oxygen atoms in total. The fraction of sp³-hybridized carbons (Fsp3) is 0.429. The van der Waals surface area contributed by atoms with Crippen molar-refractivity contribution in [2.24, 2.45) is 0 Å². The Hall–Kier alpha value is -0.650. The van der Waals surface area contributed by atoms with Gasteiger partial charge < -0.3 is 10.2 Å². The van der Waals surface area contributed by atoms with Crippen molar-refractivity contribution in [3.05, 3.63) is 15.5 Å². The van der Waals surface area contributed by atoms with E-state index in [0.29, 0.717) is 9.34 Å². The van der Waals surface area contributed by atoms with Crippen molar-refractivity contribution in [1.29, 1.82) is 0 Å². The molecular weight excluding hydrogens is 214 g/mol. The molecule has 0 aliphatic carbocycles. The Morgan fingerprint density at radius 2 is 2.46 bits per heavy atom. The second kappa shape index (κ2) is 4.55. The van der Waals surface area contributed by atoms with Crippen LogP contribution in [0.4, 0.5) is 0 Å². The number of aliphatic hydroxyl groups excluding tert-OH is 1. The maximum atomic E-state index is 10.2. The Morgan fingerprint density at radius 1 is 1.77 bits per heavy atom. The Labute approximate surface area is 83.8 Å². The van der Waals surface area contributed by atoms with Crippen LogP contribution in [0.25, 0.3) is 0 Å². The third-order valence-electron chi connectivity index (χ3n) is 1.41. The van der Waals surface area contributed by atoms with E-state index in [1.165, 1.54) is 6.20 Å². The zero-order valence-electron chi connectivity index (χ0n) is 6.61. The van der Waals surface area contributed by atoms with E-state index in [-0.39, 0.29) is 12.8 Å². The van der Waals surface area contributed by atoms with Crippen molar-refractivity contribution in [2.75, 3.05) is 0 Å². The van der Waals surface area contributed by atoms with Crippen LogP contribution in [0.2, 0.25) is 4.34 Å². The maximum Gasteiger partial charge on any atom is 0.303 e. The van der Waals surface area contributed by atoms with E-state index in [1.54, 1.807) is 0 Å². The largest absolute Gasteiger partial charge is 0.481 e. The Morgan fingerprint density at radius 3 is 2.92 bits per heavy atom. The summed E-state index contributed by atoms with van der Waals surface area (Å²) >= 11 is 6.75. The van der Waals surface area contributed by atoms with Crippen LogP contribution in [0.1, 0.15) is 24.0 Å². The molecule has 0 aliphatic heterocycles. The van der Waals surface area contributed by atoms with Gasteiger partial charge in [-0.15, -0.1) is 11.3 Å². The standard InChI is InChI=1S/C7H8ClNO3S/c8-5-3-9-7(13-5)4(10)1-2-6(11)12/h3-4,10H,1-2H2,(H,11,12).